The maximum absolute atomic E-state index is 14.2. The Morgan fingerprint density at radius 2 is 1.62 bits per heavy atom. The molecule has 12 heteroatoms. The molecule has 1 unspecified atom stereocenters. The molecule has 0 fully saturated rings. The van der Waals surface area contributed by atoms with Crippen molar-refractivity contribution in [1.82, 2.24) is 4.98 Å². The van der Waals surface area contributed by atoms with Crippen LogP contribution in [0.1, 0.15) is 70.9 Å². The third-order valence-electron chi connectivity index (χ3n) is 11.1. The number of H-pyrrole nitrogens is 1. The molecule has 0 spiro atoms. The Balaban J connectivity index is 1.30. The predicted molar refractivity (Wildman–Crippen MR) is 210 cm³/mol. The van der Waals surface area contributed by atoms with E-state index in [0.29, 0.717) is 24.1 Å². The number of nitrogens with one attached hydrogen (secondary N) is 1. The molecule has 1 aliphatic heterocycles. The van der Waals surface area contributed by atoms with Gasteiger partial charge in [-0.1, -0.05) is 76.6 Å². The van der Waals surface area contributed by atoms with Gasteiger partial charge in [-0.2, -0.15) is 0 Å². The number of carboxylic acid groups (broad SMARTS) is 1. The van der Waals surface area contributed by atoms with E-state index in [4.69, 9.17) is 5.11 Å². The zero-order valence-corrected chi connectivity index (χ0v) is 31.1. The van der Waals surface area contributed by atoms with E-state index in [1.165, 1.54) is 12.1 Å². The Kier molecular flexibility index (Phi) is 9.32. The molecule has 0 saturated heterocycles. The largest absolute Gasteiger partial charge is 0.510 e. The number of carboxylic acids is 1. The SMILES string of the molecule is CC1(C)C=c2[nH]c3ccccc3c2=C(CCCCCC(=O)O)C1=CC1=C(O)C(C=C2N(Cc3cc([N+](=O)[O-])cc([N+](=O)[O-])c3)c3ccccc3C2(C)C)C1=O. The van der Waals surface area contributed by atoms with E-state index < -0.39 is 43.9 Å². The molecule has 0 amide bonds. The number of aliphatic hydroxyl groups excluding tert-OH is 1. The topological polar surface area (TPSA) is 180 Å². The summed E-state index contributed by atoms with van der Waals surface area (Å²) in [5, 5.41) is 47.3. The second-order valence-electron chi connectivity index (χ2n) is 15.6. The van der Waals surface area contributed by atoms with Crippen LogP contribution >= 0.6 is 0 Å². The molecular formula is C43H42N4O8. The summed E-state index contributed by atoms with van der Waals surface area (Å²) in [6.07, 6.45) is 8.51. The second-order valence-corrected chi connectivity index (χ2v) is 15.6. The molecule has 3 aliphatic rings. The monoisotopic (exact) mass is 742 g/mol. The van der Waals surface area contributed by atoms with Gasteiger partial charge in [0.2, 0.25) is 0 Å². The molecule has 55 heavy (non-hydrogen) atoms. The first kappa shape index (κ1) is 37.0. The molecule has 0 bridgehead atoms. The first-order valence-corrected chi connectivity index (χ1v) is 18.3. The number of allylic oxidation sites excluding steroid dienone is 5. The van der Waals surface area contributed by atoms with Gasteiger partial charge in [-0.3, -0.25) is 29.8 Å². The van der Waals surface area contributed by atoms with Gasteiger partial charge in [0.25, 0.3) is 11.4 Å². The lowest BCUT2D eigenvalue weighted by Gasteiger charge is -2.33. The van der Waals surface area contributed by atoms with Crippen LogP contribution in [0.2, 0.25) is 0 Å². The van der Waals surface area contributed by atoms with Gasteiger partial charge >= 0.3 is 5.97 Å². The highest BCUT2D eigenvalue weighted by Crippen LogP contribution is 2.50. The van der Waals surface area contributed by atoms with Gasteiger partial charge < -0.3 is 20.1 Å². The number of aliphatic carboxylic acids is 1. The fraction of sp³-hybridized carbons (Fsp3) is 0.302. The van der Waals surface area contributed by atoms with Crippen molar-refractivity contribution < 1.29 is 29.6 Å². The summed E-state index contributed by atoms with van der Waals surface area (Å²) in [7, 11) is 0. The number of fused-ring (bicyclic) bond motifs is 4. The first-order valence-electron chi connectivity index (χ1n) is 18.3. The number of benzene rings is 3. The summed E-state index contributed by atoms with van der Waals surface area (Å²) < 4.78 is 0. The highest BCUT2D eigenvalue weighted by molar-refractivity contribution is 6.10. The van der Waals surface area contributed by atoms with Crippen molar-refractivity contribution >= 4 is 51.4 Å². The standard InChI is InChI=1S/C43H42N4O8/c1-42(2)23-35-39(29-13-8-10-15-34(29)44-35)28(12-6-5-7-17-38(48)49)33(42)21-30-40(50)31(41(30)51)22-37-43(3,4)32-14-9-11-16-36(32)45(37)24-25-18-26(46(52)53)20-27(19-25)47(54)55/h8-11,13-16,18-23,31,44,50H,5-7,12,17,24H2,1-4H3,(H,48,49). The summed E-state index contributed by atoms with van der Waals surface area (Å²) in [5.74, 6) is -2.09. The van der Waals surface area contributed by atoms with Crippen molar-refractivity contribution in [3.8, 4) is 0 Å². The molecular weight excluding hydrogens is 700 g/mol. The summed E-state index contributed by atoms with van der Waals surface area (Å²) in [6, 6.07) is 19.2. The molecule has 3 aromatic carbocycles. The van der Waals surface area contributed by atoms with Gasteiger partial charge in [-0.05, 0) is 65.8 Å². The number of aromatic nitrogens is 1. The van der Waals surface area contributed by atoms with Crippen molar-refractivity contribution in [3.05, 3.63) is 143 Å². The van der Waals surface area contributed by atoms with Crippen LogP contribution in [0.5, 0.6) is 0 Å². The molecule has 7 rings (SSSR count). The van der Waals surface area contributed by atoms with Gasteiger partial charge in [0.15, 0.2) is 5.78 Å². The number of Topliss-reactive ketones (excluding diaryl/α,β-unsaturated/α-hetero) is 1. The Hall–Kier alpha value is -6.30. The molecule has 0 radical (unpaired) electrons. The third-order valence-corrected chi connectivity index (χ3v) is 11.1. The number of rotatable bonds is 12. The predicted octanol–water partition coefficient (Wildman–Crippen LogP) is 7.81. The number of carbonyl (C=O) groups excluding carboxylic acids is 1. The Bertz CT molecular complexity index is 2510. The Morgan fingerprint density at radius 3 is 2.29 bits per heavy atom. The minimum atomic E-state index is -0.948. The number of ketones is 1. The zero-order chi connectivity index (χ0) is 39.4. The quantitative estimate of drug-likeness (QED) is 0.0741. The van der Waals surface area contributed by atoms with Crippen LogP contribution in [0.4, 0.5) is 17.1 Å². The number of nitrogens with zero attached hydrogens (tertiary/aromatic N) is 3. The minimum absolute atomic E-state index is 0.0544. The fourth-order valence-electron chi connectivity index (χ4n) is 8.41. The van der Waals surface area contributed by atoms with E-state index >= 15 is 0 Å². The van der Waals surface area contributed by atoms with Crippen molar-refractivity contribution in [3.63, 3.8) is 0 Å². The Labute approximate surface area is 316 Å². The number of unbranched alkanes of at least 4 members (excludes halogenated alkanes) is 2. The molecule has 282 valence electrons. The molecule has 3 N–H and O–H groups in total. The molecule has 1 aromatic heterocycles. The number of hydrogen-bond donors (Lipinski definition) is 3. The smallest absolute Gasteiger partial charge is 0.303 e. The molecule has 2 heterocycles. The number of hydrogen-bond acceptors (Lipinski definition) is 8. The lowest BCUT2D eigenvalue weighted by Crippen LogP contribution is -2.37. The van der Waals surface area contributed by atoms with E-state index in [2.05, 4.69) is 31.0 Å². The zero-order valence-electron chi connectivity index (χ0n) is 31.1. The van der Waals surface area contributed by atoms with E-state index in [0.717, 1.165) is 62.8 Å². The highest BCUT2D eigenvalue weighted by Gasteiger charge is 2.45. The molecule has 2 aliphatic carbocycles. The number of carbonyl (C=O) groups is 2. The van der Waals surface area contributed by atoms with E-state index in [9.17, 15) is 34.9 Å². The van der Waals surface area contributed by atoms with Gasteiger partial charge in [-0.15, -0.1) is 0 Å². The fourth-order valence-corrected chi connectivity index (χ4v) is 8.41. The average Bonchev–Trinajstić information content (AvgIpc) is 3.59. The minimum Gasteiger partial charge on any atom is -0.510 e. The maximum Gasteiger partial charge on any atom is 0.303 e. The number of para-hydroxylation sites is 2. The number of aromatic amines is 1. The lowest BCUT2D eigenvalue weighted by molar-refractivity contribution is -0.394. The van der Waals surface area contributed by atoms with Crippen LogP contribution in [0.3, 0.4) is 0 Å². The highest BCUT2D eigenvalue weighted by atomic mass is 16.6. The van der Waals surface area contributed by atoms with Crippen molar-refractivity contribution in [2.24, 2.45) is 11.3 Å². The third kappa shape index (κ3) is 6.62. The van der Waals surface area contributed by atoms with Gasteiger partial charge in [0, 0.05) is 68.8 Å². The number of anilines is 1. The summed E-state index contributed by atoms with van der Waals surface area (Å²) in [6.45, 7) is 8.20. The van der Waals surface area contributed by atoms with E-state index in [1.807, 2.05) is 67.3 Å². The van der Waals surface area contributed by atoms with Crippen LogP contribution < -0.4 is 15.5 Å². The molecule has 0 saturated carbocycles. The molecule has 1 atom stereocenters. The van der Waals surface area contributed by atoms with E-state index in [-0.39, 0.29) is 30.1 Å². The Morgan fingerprint density at radius 1 is 0.945 bits per heavy atom. The van der Waals surface area contributed by atoms with Crippen molar-refractivity contribution in [2.45, 2.75) is 71.8 Å². The number of nitro groups is 2. The maximum atomic E-state index is 14.2. The lowest BCUT2D eigenvalue weighted by atomic mass is 9.71. The van der Waals surface area contributed by atoms with Crippen LogP contribution in [-0.4, -0.2) is 36.8 Å². The van der Waals surface area contributed by atoms with Crippen molar-refractivity contribution in [2.75, 3.05) is 4.90 Å². The number of nitro benzene ring substituents is 2. The summed E-state index contributed by atoms with van der Waals surface area (Å²) in [4.78, 5) is 52.8. The van der Waals surface area contributed by atoms with Gasteiger partial charge in [0.05, 0.1) is 21.5 Å². The van der Waals surface area contributed by atoms with Gasteiger partial charge in [-0.25, -0.2) is 0 Å². The second kappa shape index (κ2) is 13.8. The molecule has 4 aromatic rings. The summed E-state index contributed by atoms with van der Waals surface area (Å²) in [5.41, 5.74) is 3.98. The van der Waals surface area contributed by atoms with Crippen LogP contribution in [0.25, 0.3) is 22.6 Å². The van der Waals surface area contributed by atoms with Crippen LogP contribution in [-0.2, 0) is 21.5 Å². The van der Waals surface area contributed by atoms with Crippen LogP contribution in [0, 0.1) is 31.6 Å². The number of aliphatic hydroxyl groups is 1. The summed E-state index contributed by atoms with van der Waals surface area (Å²) >= 11 is 0. The van der Waals surface area contributed by atoms with Gasteiger partial charge in [0.1, 0.15) is 11.7 Å². The van der Waals surface area contributed by atoms with E-state index in [1.54, 1.807) is 6.08 Å². The molecule has 12 nitrogen and oxygen atoms in total. The van der Waals surface area contributed by atoms with Crippen molar-refractivity contribution in [1.29, 1.82) is 0 Å². The normalized spacial score (nSPS) is 19.7. The average molecular weight is 743 g/mol. The number of non-ortho nitro benzene ring substituents is 2. The van der Waals surface area contributed by atoms with Crippen LogP contribution in [0.15, 0.2) is 101 Å². The first-order chi connectivity index (χ1) is 26.1.